The van der Waals surface area contributed by atoms with Gasteiger partial charge in [-0.15, -0.1) is 0 Å². The molecule has 1 aliphatic heterocycles. The summed E-state index contributed by atoms with van der Waals surface area (Å²) in [4.78, 5) is 24.7. The molecule has 0 radical (unpaired) electrons. The summed E-state index contributed by atoms with van der Waals surface area (Å²) in [5.74, 6) is -1.25. The van der Waals surface area contributed by atoms with Crippen LogP contribution in [0.15, 0.2) is 12.1 Å². The number of fused-ring (bicyclic) bond motifs is 1. The quantitative estimate of drug-likeness (QED) is 0.767. The summed E-state index contributed by atoms with van der Waals surface area (Å²) in [7, 11) is 0. The largest absolute Gasteiger partial charge is 0.462 e. The highest BCUT2D eigenvalue weighted by molar-refractivity contribution is 5.90. The second-order valence-electron chi connectivity index (χ2n) is 4.51. The number of ether oxygens (including phenoxy) is 1. The fourth-order valence-electron chi connectivity index (χ4n) is 2.21. The lowest BCUT2D eigenvalue weighted by Crippen LogP contribution is -2.34. The molecular formula is C14H16FNO3. The van der Waals surface area contributed by atoms with E-state index < -0.39 is 11.8 Å². The van der Waals surface area contributed by atoms with E-state index in [4.69, 9.17) is 4.74 Å². The van der Waals surface area contributed by atoms with Crippen LogP contribution in [0.1, 0.15) is 35.3 Å². The fourth-order valence-corrected chi connectivity index (χ4v) is 2.21. The van der Waals surface area contributed by atoms with Crippen LogP contribution in [-0.4, -0.2) is 29.9 Å². The van der Waals surface area contributed by atoms with Gasteiger partial charge in [0.2, 0.25) is 5.91 Å². The number of amides is 1. The molecule has 4 nitrogen and oxygen atoms in total. The van der Waals surface area contributed by atoms with Crippen LogP contribution in [-0.2, 0) is 22.5 Å². The third-order valence-electron chi connectivity index (χ3n) is 3.24. The molecule has 19 heavy (non-hydrogen) atoms. The molecule has 1 aliphatic rings. The van der Waals surface area contributed by atoms with Crippen molar-refractivity contribution in [3.05, 3.63) is 34.6 Å². The number of hydrogen-bond donors (Lipinski definition) is 0. The summed E-state index contributed by atoms with van der Waals surface area (Å²) in [6.07, 6.45) is 0.606. The molecule has 0 bridgehead atoms. The zero-order chi connectivity index (χ0) is 14.0. The fraction of sp³-hybridized carbons (Fsp3) is 0.429. The van der Waals surface area contributed by atoms with Crippen molar-refractivity contribution < 1.29 is 18.7 Å². The van der Waals surface area contributed by atoms with E-state index in [1.54, 1.807) is 11.8 Å². The van der Waals surface area contributed by atoms with Gasteiger partial charge in [0.05, 0.1) is 12.2 Å². The Hall–Kier alpha value is -1.91. The van der Waals surface area contributed by atoms with Gasteiger partial charge in [-0.2, -0.15) is 0 Å². The highest BCUT2D eigenvalue weighted by atomic mass is 19.1. The summed E-state index contributed by atoms with van der Waals surface area (Å²) < 4.78 is 18.6. The Morgan fingerprint density at radius 2 is 2.11 bits per heavy atom. The predicted molar refractivity (Wildman–Crippen MR) is 67.2 cm³/mol. The average Bonchev–Trinajstić information content (AvgIpc) is 2.37. The Kier molecular flexibility index (Phi) is 3.83. The predicted octanol–water partition coefficient (Wildman–Crippen LogP) is 1.91. The van der Waals surface area contributed by atoms with Gasteiger partial charge >= 0.3 is 5.97 Å². The first-order chi connectivity index (χ1) is 9.02. The molecule has 0 fully saturated rings. The molecule has 1 aromatic carbocycles. The molecule has 1 amide bonds. The number of rotatable bonds is 2. The van der Waals surface area contributed by atoms with Crippen LogP contribution in [0.3, 0.4) is 0 Å². The molecule has 5 heteroatoms. The van der Waals surface area contributed by atoms with Gasteiger partial charge < -0.3 is 9.64 Å². The SMILES string of the molecule is CCOC(=O)c1cc2c(cc1F)CCN(C(C)=O)C2. The van der Waals surface area contributed by atoms with Gasteiger partial charge in [0.15, 0.2) is 0 Å². The maximum atomic E-state index is 13.8. The minimum atomic E-state index is -0.664. The lowest BCUT2D eigenvalue weighted by Gasteiger charge is -2.28. The topological polar surface area (TPSA) is 46.6 Å². The van der Waals surface area contributed by atoms with Crippen LogP contribution in [0.5, 0.6) is 0 Å². The summed E-state index contributed by atoms with van der Waals surface area (Å²) in [5.41, 5.74) is 1.60. The molecule has 0 atom stereocenters. The monoisotopic (exact) mass is 265 g/mol. The van der Waals surface area contributed by atoms with Gasteiger partial charge in [-0.25, -0.2) is 9.18 Å². The zero-order valence-corrected chi connectivity index (χ0v) is 11.0. The molecule has 0 unspecified atom stereocenters. The van der Waals surface area contributed by atoms with E-state index in [1.807, 2.05) is 0 Å². The number of carbonyl (C=O) groups excluding carboxylic acids is 2. The molecule has 1 heterocycles. The van der Waals surface area contributed by atoms with Crippen molar-refractivity contribution in [3.63, 3.8) is 0 Å². The smallest absolute Gasteiger partial charge is 0.341 e. The molecule has 0 spiro atoms. The van der Waals surface area contributed by atoms with E-state index in [1.165, 1.54) is 19.1 Å². The Morgan fingerprint density at radius 1 is 1.37 bits per heavy atom. The van der Waals surface area contributed by atoms with Crippen LogP contribution in [0.4, 0.5) is 4.39 Å². The van der Waals surface area contributed by atoms with E-state index in [0.29, 0.717) is 19.5 Å². The standard InChI is InChI=1S/C14H16FNO3/c1-3-19-14(18)12-6-11-8-16(9(2)17)5-4-10(11)7-13(12)15/h6-7H,3-5,8H2,1-2H3. The summed E-state index contributed by atoms with van der Waals surface area (Å²) in [6, 6.07) is 2.87. The molecule has 0 aliphatic carbocycles. The van der Waals surface area contributed by atoms with Crippen LogP contribution in [0, 0.1) is 5.82 Å². The summed E-state index contributed by atoms with van der Waals surface area (Å²) >= 11 is 0. The van der Waals surface area contributed by atoms with Gasteiger partial charge in [0, 0.05) is 20.0 Å². The highest BCUT2D eigenvalue weighted by Crippen LogP contribution is 2.23. The van der Waals surface area contributed by atoms with E-state index in [-0.39, 0.29) is 18.1 Å². The van der Waals surface area contributed by atoms with Crippen LogP contribution in [0.2, 0.25) is 0 Å². The number of hydrogen-bond acceptors (Lipinski definition) is 3. The number of halogens is 1. The van der Waals surface area contributed by atoms with Crippen molar-refractivity contribution in [3.8, 4) is 0 Å². The number of carbonyl (C=O) groups is 2. The molecule has 0 aromatic heterocycles. The zero-order valence-electron chi connectivity index (χ0n) is 11.0. The lowest BCUT2D eigenvalue weighted by molar-refractivity contribution is -0.129. The second kappa shape index (κ2) is 5.38. The third-order valence-corrected chi connectivity index (χ3v) is 3.24. The normalized spacial score (nSPS) is 13.9. The molecular weight excluding hydrogens is 249 g/mol. The van der Waals surface area contributed by atoms with E-state index in [9.17, 15) is 14.0 Å². The van der Waals surface area contributed by atoms with Crippen LogP contribution >= 0.6 is 0 Å². The maximum absolute atomic E-state index is 13.8. The van der Waals surface area contributed by atoms with Gasteiger partial charge in [0.1, 0.15) is 5.82 Å². The van der Waals surface area contributed by atoms with Crippen molar-refractivity contribution in [2.75, 3.05) is 13.2 Å². The molecule has 102 valence electrons. The summed E-state index contributed by atoms with van der Waals surface area (Å²) in [6.45, 7) is 4.37. The van der Waals surface area contributed by atoms with E-state index in [2.05, 4.69) is 0 Å². The summed E-state index contributed by atoms with van der Waals surface area (Å²) in [5, 5.41) is 0. The van der Waals surface area contributed by atoms with Gasteiger partial charge in [-0.05, 0) is 36.6 Å². The Balaban J connectivity index is 2.33. The van der Waals surface area contributed by atoms with Gasteiger partial charge in [-0.3, -0.25) is 4.79 Å². The van der Waals surface area contributed by atoms with Gasteiger partial charge in [0.25, 0.3) is 0 Å². The Morgan fingerprint density at radius 3 is 2.74 bits per heavy atom. The van der Waals surface area contributed by atoms with Crippen molar-refractivity contribution in [2.24, 2.45) is 0 Å². The second-order valence-corrected chi connectivity index (χ2v) is 4.51. The minimum Gasteiger partial charge on any atom is -0.462 e. The van der Waals surface area contributed by atoms with Crippen molar-refractivity contribution in [1.29, 1.82) is 0 Å². The number of nitrogens with zero attached hydrogens (tertiary/aromatic N) is 1. The van der Waals surface area contributed by atoms with Gasteiger partial charge in [-0.1, -0.05) is 0 Å². The average molecular weight is 265 g/mol. The number of esters is 1. The third kappa shape index (κ3) is 2.75. The molecule has 0 saturated carbocycles. The van der Waals surface area contributed by atoms with Crippen LogP contribution in [0.25, 0.3) is 0 Å². The van der Waals surface area contributed by atoms with E-state index in [0.717, 1.165) is 11.1 Å². The van der Waals surface area contributed by atoms with E-state index >= 15 is 0 Å². The Labute approximate surface area is 111 Å². The minimum absolute atomic E-state index is 0.0207. The molecule has 1 aromatic rings. The van der Waals surface area contributed by atoms with Crippen LogP contribution < -0.4 is 0 Å². The lowest BCUT2D eigenvalue weighted by atomic mass is 9.97. The number of benzene rings is 1. The van der Waals surface area contributed by atoms with Crippen molar-refractivity contribution in [1.82, 2.24) is 4.90 Å². The molecule has 0 N–H and O–H groups in total. The first-order valence-electron chi connectivity index (χ1n) is 6.27. The maximum Gasteiger partial charge on any atom is 0.341 e. The molecule has 0 saturated heterocycles. The highest BCUT2D eigenvalue weighted by Gasteiger charge is 2.22. The first-order valence-corrected chi connectivity index (χ1v) is 6.27. The van der Waals surface area contributed by atoms with Crippen molar-refractivity contribution >= 4 is 11.9 Å². The first kappa shape index (κ1) is 13.5. The molecule has 2 rings (SSSR count). The van der Waals surface area contributed by atoms with Crippen molar-refractivity contribution in [2.45, 2.75) is 26.8 Å². The Bertz CT molecular complexity index is 528.